The van der Waals surface area contributed by atoms with Crippen LogP contribution in [0.2, 0.25) is 0 Å². The molecule has 0 radical (unpaired) electrons. The lowest BCUT2D eigenvalue weighted by atomic mass is 9.77. The van der Waals surface area contributed by atoms with Gasteiger partial charge in [0.1, 0.15) is 18.3 Å². The highest BCUT2D eigenvalue weighted by atomic mass is 16.1. The molecule has 24 heavy (non-hydrogen) atoms. The van der Waals surface area contributed by atoms with Gasteiger partial charge in [0.2, 0.25) is 0 Å². The molecule has 2 aromatic heterocycles. The molecule has 4 rings (SSSR count). The Balaban J connectivity index is 1.59. The Hall–Kier alpha value is -2.76. The van der Waals surface area contributed by atoms with Crippen molar-refractivity contribution in [2.45, 2.75) is 33.2 Å². The van der Waals surface area contributed by atoms with Crippen LogP contribution in [-0.4, -0.2) is 30.1 Å². The number of Topliss-reactive ketones (excluding diaryl/α,β-unsaturated/α-hetero) is 1. The predicted molar refractivity (Wildman–Crippen MR) is 89.1 cm³/mol. The fourth-order valence-corrected chi connectivity index (χ4v) is 3.32. The molecule has 0 atom stereocenters. The average Bonchev–Trinajstić information content (AvgIpc) is 3.17. The van der Waals surface area contributed by atoms with E-state index in [0.29, 0.717) is 13.0 Å². The molecular weight excluding hydrogens is 302 g/mol. The zero-order valence-corrected chi connectivity index (χ0v) is 13.8. The summed E-state index contributed by atoms with van der Waals surface area (Å²) in [6, 6.07) is 8.08. The highest BCUT2D eigenvalue weighted by molar-refractivity contribution is 5.97. The SMILES string of the molecule is CC1(C)CC(=O)c2c(ncn2Cc2ccc(-n3cncn3)cc2)C1. The van der Waals surface area contributed by atoms with Crippen LogP contribution in [-0.2, 0) is 13.0 Å². The van der Waals surface area contributed by atoms with E-state index in [2.05, 4.69) is 28.9 Å². The first-order chi connectivity index (χ1) is 11.5. The minimum absolute atomic E-state index is 0.00269. The second-order valence-corrected chi connectivity index (χ2v) is 7.12. The molecule has 122 valence electrons. The van der Waals surface area contributed by atoms with Gasteiger partial charge in [-0.1, -0.05) is 26.0 Å². The van der Waals surface area contributed by atoms with Crippen LogP contribution in [0.15, 0.2) is 43.2 Å². The van der Waals surface area contributed by atoms with E-state index in [-0.39, 0.29) is 11.2 Å². The molecule has 6 nitrogen and oxygen atoms in total. The topological polar surface area (TPSA) is 65.6 Å². The highest BCUT2D eigenvalue weighted by Gasteiger charge is 2.34. The molecule has 0 bridgehead atoms. The fraction of sp³-hybridized carbons (Fsp3) is 0.333. The fourth-order valence-electron chi connectivity index (χ4n) is 3.32. The first-order valence-electron chi connectivity index (χ1n) is 8.03. The zero-order valence-electron chi connectivity index (χ0n) is 13.8. The van der Waals surface area contributed by atoms with Crippen molar-refractivity contribution in [1.82, 2.24) is 24.3 Å². The van der Waals surface area contributed by atoms with Crippen LogP contribution in [0.3, 0.4) is 0 Å². The summed E-state index contributed by atoms with van der Waals surface area (Å²) in [5.74, 6) is 0.193. The third-order valence-corrected chi connectivity index (χ3v) is 4.44. The maximum absolute atomic E-state index is 12.5. The summed E-state index contributed by atoms with van der Waals surface area (Å²) in [7, 11) is 0. The monoisotopic (exact) mass is 321 g/mol. The number of hydrogen-bond acceptors (Lipinski definition) is 4. The van der Waals surface area contributed by atoms with Crippen LogP contribution in [0.4, 0.5) is 0 Å². The highest BCUT2D eigenvalue weighted by Crippen LogP contribution is 2.34. The van der Waals surface area contributed by atoms with E-state index in [1.54, 1.807) is 17.3 Å². The maximum atomic E-state index is 12.5. The Labute approximate surface area is 140 Å². The average molecular weight is 321 g/mol. The molecular formula is C18H19N5O. The first-order valence-corrected chi connectivity index (χ1v) is 8.03. The minimum Gasteiger partial charge on any atom is -0.323 e. The number of rotatable bonds is 3. The molecule has 0 aliphatic heterocycles. The number of imidazole rings is 1. The molecule has 1 aromatic carbocycles. The Morgan fingerprint density at radius 2 is 1.92 bits per heavy atom. The van der Waals surface area contributed by atoms with Gasteiger partial charge in [0.25, 0.3) is 0 Å². The molecule has 0 amide bonds. The summed E-state index contributed by atoms with van der Waals surface area (Å²) in [5.41, 5.74) is 3.78. The van der Waals surface area contributed by atoms with Gasteiger partial charge in [-0.15, -0.1) is 0 Å². The van der Waals surface area contributed by atoms with E-state index in [0.717, 1.165) is 29.1 Å². The number of benzene rings is 1. The molecule has 0 spiro atoms. The molecule has 0 N–H and O–H groups in total. The predicted octanol–water partition coefficient (Wildman–Crippen LogP) is 2.67. The molecule has 1 aliphatic rings. The summed E-state index contributed by atoms with van der Waals surface area (Å²) < 4.78 is 3.69. The Bertz CT molecular complexity index is 875. The van der Waals surface area contributed by atoms with Gasteiger partial charge in [0.15, 0.2) is 5.78 Å². The lowest BCUT2D eigenvalue weighted by Crippen LogP contribution is -2.28. The Kier molecular flexibility index (Phi) is 3.33. The van der Waals surface area contributed by atoms with E-state index in [4.69, 9.17) is 0 Å². The van der Waals surface area contributed by atoms with Crippen molar-refractivity contribution < 1.29 is 4.79 Å². The van der Waals surface area contributed by atoms with E-state index in [9.17, 15) is 4.79 Å². The summed E-state index contributed by atoms with van der Waals surface area (Å²) in [4.78, 5) is 20.9. The van der Waals surface area contributed by atoms with Gasteiger partial charge in [-0.05, 0) is 29.5 Å². The number of ketones is 1. The largest absolute Gasteiger partial charge is 0.323 e. The smallest absolute Gasteiger partial charge is 0.181 e. The summed E-state index contributed by atoms with van der Waals surface area (Å²) in [6.45, 7) is 4.89. The normalized spacial score (nSPS) is 16.2. The molecule has 3 aromatic rings. The van der Waals surface area contributed by atoms with Gasteiger partial charge < -0.3 is 4.57 Å². The third-order valence-electron chi connectivity index (χ3n) is 4.44. The van der Waals surface area contributed by atoms with Gasteiger partial charge in [-0.3, -0.25) is 4.79 Å². The van der Waals surface area contributed by atoms with Crippen LogP contribution in [0, 0.1) is 5.41 Å². The van der Waals surface area contributed by atoms with Crippen molar-refractivity contribution in [3.05, 3.63) is 60.2 Å². The van der Waals surface area contributed by atoms with Crippen molar-refractivity contribution >= 4 is 5.78 Å². The second-order valence-electron chi connectivity index (χ2n) is 7.12. The Morgan fingerprint density at radius 3 is 2.62 bits per heavy atom. The zero-order chi connectivity index (χ0) is 16.7. The maximum Gasteiger partial charge on any atom is 0.181 e. The number of hydrogen-bond donors (Lipinski definition) is 0. The molecule has 1 aliphatic carbocycles. The van der Waals surface area contributed by atoms with Crippen LogP contribution in [0.1, 0.15) is 42.0 Å². The molecule has 6 heteroatoms. The first kappa shape index (κ1) is 14.8. The second kappa shape index (κ2) is 5.40. The summed E-state index contributed by atoms with van der Waals surface area (Å²) in [6.07, 6.45) is 6.40. The van der Waals surface area contributed by atoms with Crippen LogP contribution < -0.4 is 0 Å². The van der Waals surface area contributed by atoms with Crippen LogP contribution >= 0.6 is 0 Å². The molecule has 0 unspecified atom stereocenters. The van der Waals surface area contributed by atoms with Crippen molar-refractivity contribution in [2.75, 3.05) is 0 Å². The lowest BCUT2D eigenvalue weighted by molar-refractivity contribution is 0.0901. The van der Waals surface area contributed by atoms with E-state index >= 15 is 0 Å². The van der Waals surface area contributed by atoms with Crippen molar-refractivity contribution in [2.24, 2.45) is 5.41 Å². The van der Waals surface area contributed by atoms with E-state index in [1.807, 2.05) is 28.8 Å². The number of nitrogens with zero attached hydrogens (tertiary/aromatic N) is 5. The summed E-state index contributed by atoms with van der Waals surface area (Å²) >= 11 is 0. The van der Waals surface area contributed by atoms with E-state index in [1.165, 1.54) is 6.33 Å². The standard InChI is InChI=1S/C18H19N5O/c1-18(2)7-15-17(16(24)8-18)22(12-20-15)9-13-3-5-14(6-4-13)23-11-19-10-21-23/h3-6,10-12H,7-9H2,1-2H3. The van der Waals surface area contributed by atoms with E-state index < -0.39 is 0 Å². The van der Waals surface area contributed by atoms with Crippen molar-refractivity contribution in [1.29, 1.82) is 0 Å². The van der Waals surface area contributed by atoms with Gasteiger partial charge >= 0.3 is 0 Å². The summed E-state index contributed by atoms with van der Waals surface area (Å²) in [5, 5.41) is 4.12. The number of carbonyl (C=O) groups is 1. The number of aromatic nitrogens is 5. The third kappa shape index (κ3) is 2.64. The van der Waals surface area contributed by atoms with Gasteiger partial charge in [0, 0.05) is 13.0 Å². The van der Waals surface area contributed by atoms with Crippen molar-refractivity contribution in [3.63, 3.8) is 0 Å². The molecule has 0 fully saturated rings. The molecule has 0 saturated carbocycles. The quantitative estimate of drug-likeness (QED) is 0.744. The van der Waals surface area contributed by atoms with Crippen LogP contribution in [0.5, 0.6) is 0 Å². The minimum atomic E-state index is 0.00269. The number of carbonyl (C=O) groups excluding carboxylic acids is 1. The van der Waals surface area contributed by atoms with Gasteiger partial charge in [-0.2, -0.15) is 5.10 Å². The van der Waals surface area contributed by atoms with Gasteiger partial charge in [-0.25, -0.2) is 14.6 Å². The van der Waals surface area contributed by atoms with Crippen molar-refractivity contribution in [3.8, 4) is 5.69 Å². The molecule has 2 heterocycles. The van der Waals surface area contributed by atoms with Gasteiger partial charge in [0.05, 0.1) is 17.7 Å². The number of fused-ring (bicyclic) bond motifs is 1. The Morgan fingerprint density at radius 1 is 1.12 bits per heavy atom. The molecule has 0 saturated heterocycles. The van der Waals surface area contributed by atoms with Crippen LogP contribution in [0.25, 0.3) is 5.69 Å². The lowest BCUT2D eigenvalue weighted by Gasteiger charge is -2.28.